The fourth-order valence-electron chi connectivity index (χ4n) is 5.35. The molecule has 2 saturated heterocycles. The molecule has 13 nitrogen and oxygen atoms in total. The van der Waals surface area contributed by atoms with Crippen LogP contribution >= 0.6 is 0 Å². The molecule has 0 bridgehead atoms. The second kappa shape index (κ2) is 13.6. The molecule has 15 heteroatoms. The maximum absolute atomic E-state index is 15.3. The molecule has 0 saturated carbocycles. The van der Waals surface area contributed by atoms with E-state index in [9.17, 15) is 19.2 Å². The highest BCUT2D eigenvalue weighted by Gasteiger charge is 2.34. The van der Waals surface area contributed by atoms with E-state index in [1.165, 1.54) is 28.3 Å². The molecule has 242 valence electrons. The van der Waals surface area contributed by atoms with Gasteiger partial charge >= 0.3 is 6.09 Å². The zero-order valence-corrected chi connectivity index (χ0v) is 25.0. The smallest absolute Gasteiger partial charge is 0.414 e. The van der Waals surface area contributed by atoms with Gasteiger partial charge in [0.25, 0.3) is 5.91 Å². The molecular formula is C32H30F2N8O5. The average Bonchev–Trinajstić information content (AvgIpc) is 3.69. The highest BCUT2D eigenvalue weighted by atomic mass is 19.1. The number of carbonyl (C=O) groups excluding carboxylic acids is 4. The number of cyclic esters (lactones) is 1. The van der Waals surface area contributed by atoms with Crippen LogP contribution in [0.5, 0.6) is 0 Å². The van der Waals surface area contributed by atoms with Crippen LogP contribution in [0.1, 0.15) is 16.1 Å². The summed E-state index contributed by atoms with van der Waals surface area (Å²) in [6.45, 7) is 0.420. The first-order valence-corrected chi connectivity index (χ1v) is 14.8. The first-order valence-electron chi connectivity index (χ1n) is 14.8. The predicted molar refractivity (Wildman–Crippen MR) is 167 cm³/mol. The summed E-state index contributed by atoms with van der Waals surface area (Å²) in [5, 5.41) is 5.22. The van der Waals surface area contributed by atoms with Gasteiger partial charge in [-0.3, -0.25) is 24.3 Å². The molecule has 4 heterocycles. The monoisotopic (exact) mass is 644 g/mol. The Labute approximate surface area is 267 Å². The summed E-state index contributed by atoms with van der Waals surface area (Å²) in [5.41, 5.74) is 1.20. The van der Waals surface area contributed by atoms with E-state index in [1.54, 1.807) is 22.9 Å². The molecule has 2 aliphatic rings. The van der Waals surface area contributed by atoms with Gasteiger partial charge in [0.2, 0.25) is 11.8 Å². The van der Waals surface area contributed by atoms with E-state index >= 15 is 8.78 Å². The molecule has 4 amide bonds. The van der Waals surface area contributed by atoms with Crippen molar-refractivity contribution in [3.8, 4) is 0 Å². The molecule has 4 aromatic rings. The number of amides is 4. The lowest BCUT2D eigenvalue weighted by molar-refractivity contribution is -0.130. The molecule has 2 aliphatic heterocycles. The minimum atomic E-state index is -0.870. The molecule has 2 aromatic carbocycles. The van der Waals surface area contributed by atoms with Gasteiger partial charge in [-0.25, -0.2) is 18.6 Å². The summed E-state index contributed by atoms with van der Waals surface area (Å²) in [7, 11) is 0. The predicted octanol–water partition coefficient (Wildman–Crippen LogP) is 2.24. The number of carbonyl (C=O) groups is 4. The molecule has 1 atom stereocenters. The number of fused-ring (bicyclic) bond motifs is 1. The van der Waals surface area contributed by atoms with Crippen molar-refractivity contribution in [1.82, 2.24) is 29.9 Å². The summed E-state index contributed by atoms with van der Waals surface area (Å²) in [6, 6.07) is 11.4. The van der Waals surface area contributed by atoms with Gasteiger partial charge in [0, 0.05) is 63.0 Å². The van der Waals surface area contributed by atoms with Gasteiger partial charge in [-0.05, 0) is 11.6 Å². The highest BCUT2D eigenvalue weighted by molar-refractivity contribution is 5.95. The van der Waals surface area contributed by atoms with Crippen LogP contribution < -0.4 is 20.4 Å². The van der Waals surface area contributed by atoms with Gasteiger partial charge in [0.15, 0.2) is 17.3 Å². The third kappa shape index (κ3) is 7.19. The molecule has 2 fully saturated rings. The number of ether oxygens (including phenoxy) is 1. The number of piperazine rings is 1. The van der Waals surface area contributed by atoms with Gasteiger partial charge in [-0.2, -0.15) is 0 Å². The van der Waals surface area contributed by atoms with Crippen molar-refractivity contribution in [2.45, 2.75) is 6.10 Å². The fourth-order valence-corrected chi connectivity index (χ4v) is 5.35. The molecule has 2 aromatic heterocycles. The van der Waals surface area contributed by atoms with Crippen LogP contribution in [0.15, 0.2) is 73.3 Å². The minimum absolute atomic E-state index is 0.00851. The molecular weight excluding hydrogens is 614 g/mol. The standard InChI is InChI=1S/C32H30F2N8O5/c33-24-14-22(42-19-23(47-32(42)46)16-36-28(43)7-6-21-4-2-1-3-5-21)15-25(34)30(24)40-12-10-39(11-13-40)29(44)18-37-31(45)26-20-41-9-8-35-17-27(41)38-26/h1-9,14-15,17,20,23H,10-13,16,18-19H2,(H,36,43)(H,37,45)/b7-6+. The highest BCUT2D eigenvalue weighted by Crippen LogP contribution is 2.31. The number of aromatic nitrogens is 3. The Morgan fingerprint density at radius 1 is 1.02 bits per heavy atom. The van der Waals surface area contributed by atoms with E-state index in [0.29, 0.717) is 5.65 Å². The SMILES string of the molecule is O=C(/C=C/c1ccccc1)NCC1CN(c2cc(F)c(N3CCN(C(=O)CNC(=O)c4cn5ccncc5n4)CC3)c(F)c2)C(=O)O1. The Morgan fingerprint density at radius 3 is 2.49 bits per heavy atom. The van der Waals surface area contributed by atoms with Crippen LogP contribution in [0.2, 0.25) is 0 Å². The molecule has 6 rings (SSSR count). The van der Waals surface area contributed by atoms with Crippen molar-refractivity contribution in [1.29, 1.82) is 0 Å². The zero-order valence-electron chi connectivity index (χ0n) is 25.0. The van der Waals surface area contributed by atoms with E-state index in [2.05, 4.69) is 20.6 Å². The fraction of sp³-hybridized carbons (Fsp3) is 0.250. The quantitative estimate of drug-likeness (QED) is 0.265. The number of nitrogens with one attached hydrogen (secondary N) is 2. The zero-order chi connectivity index (χ0) is 32.9. The molecule has 0 spiro atoms. The Balaban J connectivity index is 0.989. The topological polar surface area (TPSA) is 141 Å². The summed E-state index contributed by atoms with van der Waals surface area (Å²) in [4.78, 5) is 62.2. The number of rotatable bonds is 9. The maximum atomic E-state index is 15.3. The van der Waals surface area contributed by atoms with Crippen molar-refractivity contribution in [2.24, 2.45) is 0 Å². The van der Waals surface area contributed by atoms with Gasteiger partial charge in [-0.15, -0.1) is 0 Å². The van der Waals surface area contributed by atoms with E-state index < -0.39 is 29.7 Å². The lowest BCUT2D eigenvalue weighted by Gasteiger charge is -2.36. The molecule has 2 N–H and O–H groups in total. The van der Waals surface area contributed by atoms with Crippen molar-refractivity contribution in [3.05, 3.63) is 96.2 Å². The van der Waals surface area contributed by atoms with Crippen molar-refractivity contribution < 1.29 is 32.7 Å². The summed E-state index contributed by atoms with van der Waals surface area (Å²) >= 11 is 0. The van der Waals surface area contributed by atoms with Crippen molar-refractivity contribution in [3.63, 3.8) is 0 Å². The average molecular weight is 645 g/mol. The number of imidazole rings is 1. The van der Waals surface area contributed by atoms with Crippen molar-refractivity contribution >= 4 is 46.9 Å². The van der Waals surface area contributed by atoms with Gasteiger partial charge < -0.3 is 29.6 Å². The van der Waals surface area contributed by atoms with Crippen molar-refractivity contribution in [2.75, 3.05) is 55.6 Å². The van der Waals surface area contributed by atoms with Crippen LogP contribution in [0.25, 0.3) is 11.7 Å². The largest absolute Gasteiger partial charge is 0.442 e. The Bertz CT molecular complexity index is 1790. The van der Waals surface area contributed by atoms with Crippen LogP contribution in [0, 0.1) is 11.6 Å². The lowest BCUT2D eigenvalue weighted by Crippen LogP contribution is -2.51. The Kier molecular flexibility index (Phi) is 9.04. The van der Waals surface area contributed by atoms with E-state index in [1.807, 2.05) is 30.3 Å². The molecule has 1 unspecified atom stereocenters. The molecule has 0 aliphatic carbocycles. The van der Waals surface area contributed by atoms with E-state index in [-0.39, 0.29) is 74.7 Å². The first kappa shape index (κ1) is 31.1. The number of anilines is 2. The van der Waals surface area contributed by atoms with E-state index in [0.717, 1.165) is 22.6 Å². The first-order chi connectivity index (χ1) is 22.7. The number of halogens is 2. The number of hydrogen-bond acceptors (Lipinski definition) is 8. The second-order valence-corrected chi connectivity index (χ2v) is 10.9. The van der Waals surface area contributed by atoms with Crippen LogP contribution in [0.4, 0.5) is 25.0 Å². The number of nitrogens with zero attached hydrogens (tertiary/aromatic N) is 6. The van der Waals surface area contributed by atoms with E-state index in [4.69, 9.17) is 4.74 Å². The third-order valence-electron chi connectivity index (χ3n) is 7.76. The minimum Gasteiger partial charge on any atom is -0.442 e. The molecule has 47 heavy (non-hydrogen) atoms. The maximum Gasteiger partial charge on any atom is 0.414 e. The lowest BCUT2D eigenvalue weighted by atomic mass is 10.2. The third-order valence-corrected chi connectivity index (χ3v) is 7.76. The normalized spacial score (nSPS) is 16.5. The van der Waals surface area contributed by atoms with Crippen LogP contribution in [0.3, 0.4) is 0 Å². The Morgan fingerprint density at radius 2 is 1.77 bits per heavy atom. The van der Waals surface area contributed by atoms with Gasteiger partial charge in [-0.1, -0.05) is 30.3 Å². The van der Waals surface area contributed by atoms with Crippen LogP contribution in [-0.4, -0.2) is 95.0 Å². The Hall–Kier alpha value is -5.86. The number of hydrogen-bond donors (Lipinski definition) is 2. The van der Waals surface area contributed by atoms with Gasteiger partial charge in [0.05, 0.1) is 31.5 Å². The van der Waals surface area contributed by atoms with Crippen LogP contribution in [-0.2, 0) is 14.3 Å². The summed E-state index contributed by atoms with van der Waals surface area (Å²) in [5.74, 6) is -2.97. The number of benzene rings is 2. The summed E-state index contributed by atoms with van der Waals surface area (Å²) < 4.78 is 37.5. The second-order valence-electron chi connectivity index (χ2n) is 10.9. The molecule has 0 radical (unpaired) electrons. The summed E-state index contributed by atoms with van der Waals surface area (Å²) in [6.07, 6.45) is 7.76. The van der Waals surface area contributed by atoms with Gasteiger partial charge in [0.1, 0.15) is 17.5 Å².